The van der Waals surface area contributed by atoms with Crippen molar-refractivity contribution in [3.63, 3.8) is 0 Å². The molecular formula is C15H15N5O2. The number of fused-ring (bicyclic) bond motifs is 1. The average Bonchev–Trinajstić information content (AvgIpc) is 2.88. The summed E-state index contributed by atoms with van der Waals surface area (Å²) >= 11 is 0. The largest absolute Gasteiger partial charge is 0.438 e. The number of aromatic nitrogens is 3. The van der Waals surface area contributed by atoms with Crippen LogP contribution in [0, 0.1) is 0 Å². The van der Waals surface area contributed by atoms with Gasteiger partial charge in [-0.1, -0.05) is 13.0 Å². The lowest BCUT2D eigenvalue weighted by Crippen LogP contribution is -2.09. The van der Waals surface area contributed by atoms with Gasteiger partial charge in [-0.3, -0.25) is 4.79 Å². The molecule has 0 bridgehead atoms. The third kappa shape index (κ3) is 2.98. The first-order valence-corrected chi connectivity index (χ1v) is 6.84. The van der Waals surface area contributed by atoms with Gasteiger partial charge < -0.3 is 15.8 Å². The molecule has 112 valence electrons. The summed E-state index contributed by atoms with van der Waals surface area (Å²) in [5.74, 6) is 1.37. The van der Waals surface area contributed by atoms with Crippen molar-refractivity contribution in [3.8, 4) is 11.6 Å². The summed E-state index contributed by atoms with van der Waals surface area (Å²) in [6, 6.07) is 10.6. The van der Waals surface area contributed by atoms with E-state index in [4.69, 9.17) is 10.5 Å². The van der Waals surface area contributed by atoms with Gasteiger partial charge in [-0.05, 0) is 18.2 Å². The van der Waals surface area contributed by atoms with Crippen molar-refractivity contribution in [2.75, 3.05) is 11.1 Å². The summed E-state index contributed by atoms with van der Waals surface area (Å²) in [5, 5.41) is 6.98. The molecule has 2 aromatic heterocycles. The molecule has 0 atom stereocenters. The Morgan fingerprint density at radius 1 is 1.36 bits per heavy atom. The molecule has 0 saturated carbocycles. The van der Waals surface area contributed by atoms with Crippen LogP contribution in [0.15, 0.2) is 42.6 Å². The number of imidazole rings is 1. The minimum absolute atomic E-state index is 0.0976. The van der Waals surface area contributed by atoms with Gasteiger partial charge in [-0.15, -0.1) is 5.10 Å². The number of hydrogen-bond donors (Lipinski definition) is 2. The van der Waals surface area contributed by atoms with E-state index in [0.717, 1.165) is 0 Å². The van der Waals surface area contributed by atoms with Crippen LogP contribution in [0.25, 0.3) is 5.65 Å². The van der Waals surface area contributed by atoms with E-state index >= 15 is 0 Å². The van der Waals surface area contributed by atoms with Crippen molar-refractivity contribution in [2.24, 2.45) is 0 Å². The van der Waals surface area contributed by atoms with E-state index in [2.05, 4.69) is 15.4 Å². The summed E-state index contributed by atoms with van der Waals surface area (Å²) in [6.45, 7) is 1.78. The molecular weight excluding hydrogens is 282 g/mol. The van der Waals surface area contributed by atoms with Crippen LogP contribution >= 0.6 is 0 Å². The Morgan fingerprint density at radius 3 is 3.00 bits per heavy atom. The second-order valence-corrected chi connectivity index (χ2v) is 4.68. The van der Waals surface area contributed by atoms with Crippen molar-refractivity contribution >= 4 is 23.1 Å². The molecule has 0 unspecified atom stereocenters. The second-order valence-electron chi connectivity index (χ2n) is 4.68. The zero-order chi connectivity index (χ0) is 15.5. The van der Waals surface area contributed by atoms with Crippen LogP contribution in [-0.2, 0) is 4.79 Å². The summed E-state index contributed by atoms with van der Waals surface area (Å²) in [6.07, 6.45) is 2.03. The van der Waals surface area contributed by atoms with E-state index in [9.17, 15) is 4.79 Å². The second kappa shape index (κ2) is 5.72. The van der Waals surface area contributed by atoms with Crippen LogP contribution in [-0.4, -0.2) is 20.5 Å². The van der Waals surface area contributed by atoms with Gasteiger partial charge in [0, 0.05) is 24.2 Å². The van der Waals surface area contributed by atoms with E-state index in [-0.39, 0.29) is 5.91 Å². The van der Waals surface area contributed by atoms with E-state index in [1.165, 1.54) is 0 Å². The maximum absolute atomic E-state index is 11.4. The van der Waals surface area contributed by atoms with Crippen LogP contribution in [0.5, 0.6) is 11.6 Å². The molecule has 3 aromatic rings. The van der Waals surface area contributed by atoms with Crippen molar-refractivity contribution in [1.29, 1.82) is 0 Å². The Hall–Kier alpha value is -3.09. The third-order valence-corrected chi connectivity index (χ3v) is 2.96. The van der Waals surface area contributed by atoms with Crippen LogP contribution < -0.4 is 15.8 Å². The number of rotatable bonds is 4. The summed E-state index contributed by atoms with van der Waals surface area (Å²) in [5.41, 5.74) is 6.94. The number of nitrogen functional groups attached to an aromatic ring is 1. The highest BCUT2D eigenvalue weighted by Gasteiger charge is 2.07. The Bertz CT molecular complexity index is 828. The molecule has 1 aromatic carbocycles. The third-order valence-electron chi connectivity index (χ3n) is 2.96. The van der Waals surface area contributed by atoms with Crippen molar-refractivity contribution < 1.29 is 9.53 Å². The predicted molar refractivity (Wildman–Crippen MR) is 82.8 cm³/mol. The van der Waals surface area contributed by atoms with Gasteiger partial charge in [0.1, 0.15) is 5.75 Å². The van der Waals surface area contributed by atoms with Crippen molar-refractivity contribution in [2.45, 2.75) is 13.3 Å². The lowest BCUT2D eigenvalue weighted by atomic mass is 10.3. The molecule has 0 fully saturated rings. The molecule has 3 N–H and O–H groups in total. The van der Waals surface area contributed by atoms with Gasteiger partial charge in [-0.25, -0.2) is 9.50 Å². The number of amides is 1. The lowest BCUT2D eigenvalue weighted by molar-refractivity contribution is -0.115. The van der Waals surface area contributed by atoms with E-state index in [0.29, 0.717) is 35.2 Å². The lowest BCUT2D eigenvalue weighted by Gasteiger charge is -2.05. The Labute approximate surface area is 126 Å². The quantitative estimate of drug-likeness (QED) is 0.721. The molecule has 0 saturated heterocycles. The first-order valence-electron chi connectivity index (χ1n) is 6.84. The average molecular weight is 297 g/mol. The summed E-state index contributed by atoms with van der Waals surface area (Å²) < 4.78 is 7.20. The molecule has 0 radical (unpaired) electrons. The first kappa shape index (κ1) is 13.9. The smallest absolute Gasteiger partial charge is 0.237 e. The fourth-order valence-electron chi connectivity index (χ4n) is 1.91. The number of hydrogen-bond acceptors (Lipinski definition) is 5. The number of ether oxygens (including phenoxy) is 1. The van der Waals surface area contributed by atoms with Gasteiger partial charge in [0.25, 0.3) is 0 Å². The van der Waals surface area contributed by atoms with Crippen LogP contribution in [0.4, 0.5) is 11.5 Å². The van der Waals surface area contributed by atoms with E-state index < -0.39 is 0 Å². The minimum atomic E-state index is -0.0976. The van der Waals surface area contributed by atoms with Gasteiger partial charge in [0.05, 0.1) is 6.20 Å². The maximum atomic E-state index is 11.4. The fourth-order valence-corrected chi connectivity index (χ4v) is 1.91. The number of nitrogens with zero attached hydrogens (tertiary/aromatic N) is 3. The molecule has 2 heterocycles. The molecule has 22 heavy (non-hydrogen) atoms. The SMILES string of the molecule is CCC(=O)Nc1cn2nc(Oc3cccc(N)c3)ccc2n1. The number of carbonyl (C=O) groups is 1. The van der Waals surface area contributed by atoms with Gasteiger partial charge in [0.15, 0.2) is 11.5 Å². The molecule has 7 nitrogen and oxygen atoms in total. The number of benzene rings is 1. The molecule has 0 spiro atoms. The normalized spacial score (nSPS) is 10.6. The Morgan fingerprint density at radius 2 is 2.23 bits per heavy atom. The first-order chi connectivity index (χ1) is 10.6. The maximum Gasteiger partial charge on any atom is 0.237 e. The van der Waals surface area contributed by atoms with Crippen molar-refractivity contribution in [1.82, 2.24) is 14.6 Å². The molecule has 7 heteroatoms. The van der Waals surface area contributed by atoms with Crippen LogP contribution in [0.1, 0.15) is 13.3 Å². The van der Waals surface area contributed by atoms with Crippen molar-refractivity contribution in [3.05, 3.63) is 42.6 Å². The van der Waals surface area contributed by atoms with E-state index in [1.54, 1.807) is 54.0 Å². The zero-order valence-electron chi connectivity index (χ0n) is 12.0. The van der Waals surface area contributed by atoms with Crippen LogP contribution in [0.3, 0.4) is 0 Å². The summed E-state index contributed by atoms with van der Waals surface area (Å²) in [4.78, 5) is 15.6. The molecule has 3 rings (SSSR count). The fraction of sp³-hybridized carbons (Fsp3) is 0.133. The molecule has 0 aliphatic heterocycles. The van der Waals surface area contributed by atoms with Gasteiger partial charge in [-0.2, -0.15) is 0 Å². The monoisotopic (exact) mass is 297 g/mol. The number of carbonyl (C=O) groups excluding carboxylic acids is 1. The van der Waals surface area contributed by atoms with Crippen LogP contribution in [0.2, 0.25) is 0 Å². The van der Waals surface area contributed by atoms with Gasteiger partial charge >= 0.3 is 0 Å². The number of nitrogens with one attached hydrogen (secondary N) is 1. The molecule has 0 aliphatic rings. The Kier molecular flexibility index (Phi) is 3.61. The number of nitrogens with two attached hydrogens (primary N) is 1. The predicted octanol–water partition coefficient (Wildman–Crippen LogP) is 2.45. The number of anilines is 2. The Balaban J connectivity index is 1.84. The van der Waals surface area contributed by atoms with Gasteiger partial charge in [0.2, 0.25) is 11.8 Å². The molecule has 0 aliphatic carbocycles. The highest BCUT2D eigenvalue weighted by Crippen LogP contribution is 2.22. The topological polar surface area (TPSA) is 94.5 Å². The highest BCUT2D eigenvalue weighted by molar-refractivity contribution is 5.89. The van der Waals surface area contributed by atoms with E-state index in [1.807, 2.05) is 0 Å². The standard InChI is InChI=1S/C15H15N5O2/c1-2-14(21)18-12-9-20-13(17-12)6-7-15(19-20)22-11-5-3-4-10(16)8-11/h3-9H,2,16H2,1H3,(H,18,21). The zero-order valence-corrected chi connectivity index (χ0v) is 12.0. The highest BCUT2D eigenvalue weighted by atomic mass is 16.5. The minimum Gasteiger partial charge on any atom is -0.438 e. The molecule has 1 amide bonds. The summed E-state index contributed by atoms with van der Waals surface area (Å²) in [7, 11) is 0.